The Hall–Kier alpha value is -3.65. The summed E-state index contributed by atoms with van der Waals surface area (Å²) in [4.78, 5) is 40.8. The molecular formula is C26H28ClN5O3. The van der Waals surface area contributed by atoms with Gasteiger partial charge in [-0.05, 0) is 38.1 Å². The summed E-state index contributed by atoms with van der Waals surface area (Å²) in [5.74, 6) is -1.22. The molecule has 4 rings (SSSR count). The van der Waals surface area contributed by atoms with Crippen LogP contribution in [0.3, 0.4) is 0 Å². The quantitative estimate of drug-likeness (QED) is 0.553. The highest BCUT2D eigenvalue weighted by Crippen LogP contribution is 2.26. The molecule has 2 heterocycles. The SMILES string of the molecule is CC(C)NC(=O)C(=O)N1CCN(C(=O)Cc2cn(-c3ccccc3)nc2-c2ccc(Cl)cc2)CC1. The van der Waals surface area contributed by atoms with Crippen LogP contribution in [0.2, 0.25) is 5.02 Å². The van der Waals surface area contributed by atoms with Gasteiger partial charge in [-0.3, -0.25) is 14.4 Å². The molecule has 1 N–H and O–H groups in total. The Balaban J connectivity index is 1.48. The van der Waals surface area contributed by atoms with Crippen LogP contribution in [0.4, 0.5) is 0 Å². The average Bonchev–Trinajstić information content (AvgIpc) is 3.28. The maximum absolute atomic E-state index is 13.2. The first kappa shape index (κ1) is 24.5. The van der Waals surface area contributed by atoms with Crippen molar-refractivity contribution in [1.29, 1.82) is 0 Å². The molecule has 35 heavy (non-hydrogen) atoms. The van der Waals surface area contributed by atoms with Crippen molar-refractivity contribution in [2.45, 2.75) is 26.3 Å². The van der Waals surface area contributed by atoms with Gasteiger partial charge in [-0.2, -0.15) is 5.10 Å². The molecule has 1 fully saturated rings. The Kier molecular flexibility index (Phi) is 7.51. The summed E-state index contributed by atoms with van der Waals surface area (Å²) < 4.78 is 1.77. The Morgan fingerprint density at radius 2 is 1.57 bits per heavy atom. The molecule has 8 nitrogen and oxygen atoms in total. The van der Waals surface area contributed by atoms with Gasteiger partial charge in [-0.25, -0.2) is 4.68 Å². The maximum Gasteiger partial charge on any atom is 0.312 e. The van der Waals surface area contributed by atoms with Crippen LogP contribution >= 0.6 is 11.6 Å². The summed E-state index contributed by atoms with van der Waals surface area (Å²) in [5.41, 5.74) is 3.29. The molecule has 0 unspecified atom stereocenters. The molecule has 1 aliphatic heterocycles. The molecule has 0 atom stereocenters. The number of para-hydroxylation sites is 1. The van der Waals surface area contributed by atoms with E-state index in [9.17, 15) is 14.4 Å². The van der Waals surface area contributed by atoms with Gasteiger partial charge in [-0.15, -0.1) is 0 Å². The molecule has 0 bridgehead atoms. The van der Waals surface area contributed by atoms with E-state index < -0.39 is 11.8 Å². The van der Waals surface area contributed by atoms with E-state index in [4.69, 9.17) is 16.7 Å². The number of hydrogen-bond donors (Lipinski definition) is 1. The van der Waals surface area contributed by atoms with Crippen molar-refractivity contribution in [3.63, 3.8) is 0 Å². The number of aromatic nitrogens is 2. The monoisotopic (exact) mass is 493 g/mol. The standard InChI is InChI=1S/C26H28ClN5O3/c1-18(2)28-25(34)26(35)31-14-12-30(13-15-31)23(33)16-20-17-32(22-6-4-3-5-7-22)29-24(20)19-8-10-21(27)11-9-19/h3-11,17-18H,12-16H2,1-2H3,(H,28,34). The van der Waals surface area contributed by atoms with Gasteiger partial charge in [0.1, 0.15) is 0 Å². The fourth-order valence-electron chi connectivity index (χ4n) is 4.00. The lowest BCUT2D eigenvalue weighted by molar-refractivity contribution is -0.148. The van der Waals surface area contributed by atoms with Gasteiger partial charge in [0.25, 0.3) is 0 Å². The van der Waals surface area contributed by atoms with Crippen LogP contribution in [0.5, 0.6) is 0 Å². The predicted molar refractivity (Wildman–Crippen MR) is 134 cm³/mol. The lowest BCUT2D eigenvalue weighted by atomic mass is 10.1. The van der Waals surface area contributed by atoms with Gasteiger partial charge in [0.15, 0.2) is 0 Å². The van der Waals surface area contributed by atoms with Crippen LogP contribution in [-0.4, -0.2) is 69.5 Å². The molecule has 1 aliphatic rings. The third-order valence-corrected chi connectivity index (χ3v) is 6.06. The van der Waals surface area contributed by atoms with Crippen LogP contribution in [0, 0.1) is 0 Å². The molecular weight excluding hydrogens is 466 g/mol. The lowest BCUT2D eigenvalue weighted by Crippen LogP contribution is -2.54. The second-order valence-corrected chi connectivity index (χ2v) is 9.20. The number of carbonyl (C=O) groups is 3. The predicted octanol–water partition coefficient (Wildman–Crippen LogP) is 2.93. The third kappa shape index (κ3) is 5.89. The molecule has 0 aliphatic carbocycles. The first-order valence-corrected chi connectivity index (χ1v) is 12.0. The van der Waals surface area contributed by atoms with Gasteiger partial charge < -0.3 is 15.1 Å². The molecule has 182 valence electrons. The Bertz CT molecular complexity index is 1200. The Morgan fingerprint density at radius 3 is 2.20 bits per heavy atom. The van der Waals surface area contributed by atoms with Crippen LogP contribution in [0.15, 0.2) is 60.8 Å². The second kappa shape index (κ2) is 10.7. The van der Waals surface area contributed by atoms with E-state index in [2.05, 4.69) is 5.32 Å². The van der Waals surface area contributed by atoms with Crippen molar-refractivity contribution >= 4 is 29.3 Å². The van der Waals surface area contributed by atoms with E-state index >= 15 is 0 Å². The topological polar surface area (TPSA) is 87.5 Å². The smallest absolute Gasteiger partial charge is 0.312 e. The number of carbonyl (C=O) groups excluding carboxylic acids is 3. The van der Waals surface area contributed by atoms with E-state index in [1.165, 1.54) is 4.90 Å². The second-order valence-electron chi connectivity index (χ2n) is 8.77. The van der Waals surface area contributed by atoms with Crippen LogP contribution in [0.25, 0.3) is 16.9 Å². The zero-order valence-electron chi connectivity index (χ0n) is 19.8. The van der Waals surface area contributed by atoms with Gasteiger partial charge in [0.2, 0.25) is 5.91 Å². The van der Waals surface area contributed by atoms with Crippen molar-refractivity contribution < 1.29 is 14.4 Å². The van der Waals surface area contributed by atoms with Gasteiger partial charge in [-0.1, -0.05) is 41.9 Å². The normalized spacial score (nSPS) is 13.7. The largest absolute Gasteiger partial charge is 0.346 e. The minimum Gasteiger partial charge on any atom is -0.346 e. The molecule has 0 saturated carbocycles. The summed E-state index contributed by atoms with van der Waals surface area (Å²) in [6, 6.07) is 17.0. The highest BCUT2D eigenvalue weighted by atomic mass is 35.5. The van der Waals surface area contributed by atoms with Gasteiger partial charge in [0.05, 0.1) is 17.8 Å². The molecule has 2 aromatic carbocycles. The maximum atomic E-state index is 13.2. The van der Waals surface area contributed by atoms with Crippen molar-refractivity contribution in [2.75, 3.05) is 26.2 Å². The van der Waals surface area contributed by atoms with Crippen molar-refractivity contribution in [3.05, 3.63) is 71.4 Å². The number of rotatable bonds is 5. The first-order valence-electron chi connectivity index (χ1n) is 11.6. The summed E-state index contributed by atoms with van der Waals surface area (Å²) in [7, 11) is 0. The highest BCUT2D eigenvalue weighted by Gasteiger charge is 2.28. The molecule has 0 spiro atoms. The first-order chi connectivity index (χ1) is 16.8. The molecule has 9 heteroatoms. The summed E-state index contributed by atoms with van der Waals surface area (Å²) in [6.07, 6.45) is 2.06. The van der Waals surface area contributed by atoms with Crippen molar-refractivity contribution in [1.82, 2.24) is 24.9 Å². The third-order valence-electron chi connectivity index (χ3n) is 5.80. The van der Waals surface area contributed by atoms with Crippen LogP contribution in [-0.2, 0) is 20.8 Å². The zero-order chi connectivity index (χ0) is 24.9. The van der Waals surface area contributed by atoms with E-state index in [1.54, 1.807) is 35.6 Å². The molecule has 3 amide bonds. The Morgan fingerprint density at radius 1 is 0.943 bits per heavy atom. The fraction of sp³-hybridized carbons (Fsp3) is 0.308. The Labute approximate surface area is 209 Å². The molecule has 1 aromatic heterocycles. The average molecular weight is 494 g/mol. The summed E-state index contributed by atoms with van der Waals surface area (Å²) >= 11 is 6.06. The number of amides is 3. The number of hydrogen-bond acceptors (Lipinski definition) is 4. The number of halogens is 1. The van der Waals surface area contributed by atoms with Crippen LogP contribution < -0.4 is 5.32 Å². The van der Waals surface area contributed by atoms with E-state index in [0.717, 1.165) is 22.5 Å². The fourth-order valence-corrected chi connectivity index (χ4v) is 4.13. The summed E-state index contributed by atoms with van der Waals surface area (Å²) in [5, 5.41) is 8.01. The van der Waals surface area contributed by atoms with Gasteiger partial charge >= 0.3 is 11.8 Å². The number of piperazine rings is 1. The van der Waals surface area contributed by atoms with E-state index in [1.807, 2.05) is 48.7 Å². The molecule has 3 aromatic rings. The minimum absolute atomic E-state index is 0.0495. The van der Waals surface area contributed by atoms with Crippen LogP contribution in [0.1, 0.15) is 19.4 Å². The highest BCUT2D eigenvalue weighted by molar-refractivity contribution is 6.35. The van der Waals surface area contributed by atoms with E-state index in [-0.39, 0.29) is 18.4 Å². The molecule has 0 radical (unpaired) electrons. The minimum atomic E-state index is -0.610. The van der Waals surface area contributed by atoms with Gasteiger partial charge in [0, 0.05) is 54.6 Å². The number of nitrogens with zero attached hydrogens (tertiary/aromatic N) is 4. The number of benzene rings is 2. The zero-order valence-corrected chi connectivity index (χ0v) is 20.5. The summed E-state index contributed by atoms with van der Waals surface area (Å²) in [6.45, 7) is 5.01. The van der Waals surface area contributed by atoms with Crippen molar-refractivity contribution in [3.8, 4) is 16.9 Å². The van der Waals surface area contributed by atoms with Crippen molar-refractivity contribution in [2.24, 2.45) is 0 Å². The van der Waals surface area contributed by atoms with E-state index in [0.29, 0.717) is 31.2 Å². The molecule has 1 saturated heterocycles. The number of nitrogens with one attached hydrogen (secondary N) is 1. The lowest BCUT2D eigenvalue weighted by Gasteiger charge is -2.34.